The average molecular weight is 516 g/mol. The van der Waals surface area contributed by atoms with Crippen molar-refractivity contribution in [2.75, 3.05) is 0 Å². The van der Waals surface area contributed by atoms with E-state index in [1.54, 1.807) is 29.9 Å². The zero-order valence-corrected chi connectivity index (χ0v) is 19.5. The van der Waals surface area contributed by atoms with E-state index in [9.17, 15) is 17.6 Å². The molecular weight excluding hydrogens is 501 g/mol. The van der Waals surface area contributed by atoms with Crippen LogP contribution in [0.15, 0.2) is 47.8 Å². The minimum absolute atomic E-state index is 0.121. The standard InChI is InChI=1S/C22H15Cl2F4N3OS/c1-11-14(12-6-8-13(9-7-12)32-22(27,28)21(24)26)10-33-18(11)20-29-19(30-31(20)2)17-15(23)4-3-5-16(17)25/h3-10,21H,1-2H3. The maximum atomic E-state index is 14.3. The van der Waals surface area contributed by atoms with E-state index in [1.807, 2.05) is 12.3 Å². The molecule has 0 saturated carbocycles. The highest BCUT2D eigenvalue weighted by Crippen LogP contribution is 2.39. The molecular formula is C22H15Cl2F4N3OS. The molecule has 4 rings (SSSR count). The Hall–Kier alpha value is -2.62. The van der Waals surface area contributed by atoms with Gasteiger partial charge in [0.05, 0.1) is 15.5 Å². The first-order valence-corrected chi connectivity index (χ1v) is 11.2. The van der Waals surface area contributed by atoms with Crippen LogP contribution < -0.4 is 4.74 Å². The number of thiophene rings is 1. The van der Waals surface area contributed by atoms with E-state index in [4.69, 9.17) is 23.2 Å². The van der Waals surface area contributed by atoms with Gasteiger partial charge in [-0.2, -0.15) is 13.9 Å². The molecule has 0 radical (unpaired) electrons. The zero-order chi connectivity index (χ0) is 23.9. The Balaban J connectivity index is 1.65. The number of aromatic nitrogens is 3. The molecule has 2 aromatic carbocycles. The quantitative estimate of drug-likeness (QED) is 0.197. The van der Waals surface area contributed by atoms with Crippen molar-refractivity contribution in [1.82, 2.24) is 14.8 Å². The fraction of sp³-hybridized carbons (Fsp3) is 0.182. The lowest BCUT2D eigenvalue weighted by molar-refractivity contribution is -0.199. The van der Waals surface area contributed by atoms with Crippen LogP contribution in [0.25, 0.3) is 33.2 Å². The molecule has 4 nitrogen and oxygen atoms in total. The van der Waals surface area contributed by atoms with Crippen LogP contribution in [-0.4, -0.2) is 26.5 Å². The Morgan fingerprint density at radius 1 is 1.15 bits per heavy atom. The largest absolute Gasteiger partial charge is 0.444 e. The second-order valence-electron chi connectivity index (χ2n) is 7.07. The molecule has 33 heavy (non-hydrogen) atoms. The molecule has 0 fully saturated rings. The van der Waals surface area contributed by atoms with Crippen molar-refractivity contribution in [3.05, 3.63) is 64.2 Å². The molecule has 4 aromatic rings. The summed E-state index contributed by atoms with van der Waals surface area (Å²) in [5.41, 5.74) is -0.412. The fourth-order valence-electron chi connectivity index (χ4n) is 3.23. The lowest BCUT2D eigenvalue weighted by atomic mass is 10.0. The second-order valence-corrected chi connectivity index (χ2v) is 8.74. The van der Waals surface area contributed by atoms with Gasteiger partial charge >= 0.3 is 6.11 Å². The molecule has 0 N–H and O–H groups in total. The van der Waals surface area contributed by atoms with Gasteiger partial charge in [0, 0.05) is 7.05 Å². The Morgan fingerprint density at radius 2 is 1.85 bits per heavy atom. The first-order chi connectivity index (χ1) is 15.6. The zero-order valence-electron chi connectivity index (χ0n) is 17.1. The van der Waals surface area contributed by atoms with Crippen LogP contribution in [0.1, 0.15) is 5.56 Å². The third-order valence-electron chi connectivity index (χ3n) is 4.87. The van der Waals surface area contributed by atoms with Gasteiger partial charge in [0.2, 0.25) is 0 Å². The SMILES string of the molecule is Cc1c(-c2ccc(OC(F)(F)C(F)Cl)cc2)csc1-c1nc(-c2c(F)cccc2Cl)nn1C. The van der Waals surface area contributed by atoms with Gasteiger partial charge in [0.25, 0.3) is 5.63 Å². The summed E-state index contributed by atoms with van der Waals surface area (Å²) in [5, 5.41) is 6.41. The number of nitrogens with zero attached hydrogens (tertiary/aromatic N) is 3. The van der Waals surface area contributed by atoms with Crippen molar-refractivity contribution in [2.24, 2.45) is 7.05 Å². The first-order valence-electron chi connectivity index (χ1n) is 9.47. The molecule has 2 heterocycles. The molecule has 1 atom stereocenters. The maximum absolute atomic E-state index is 14.3. The second kappa shape index (κ2) is 8.96. The Morgan fingerprint density at radius 3 is 2.48 bits per heavy atom. The van der Waals surface area contributed by atoms with Crippen LogP contribution >= 0.6 is 34.5 Å². The number of rotatable bonds is 6. The molecule has 172 valence electrons. The van der Waals surface area contributed by atoms with Crippen LogP contribution in [0.2, 0.25) is 5.02 Å². The van der Waals surface area contributed by atoms with E-state index >= 15 is 0 Å². The number of halogens is 6. The number of aryl methyl sites for hydroxylation is 1. The number of alkyl halides is 4. The molecule has 0 amide bonds. The third kappa shape index (κ3) is 4.58. The molecule has 0 bridgehead atoms. The van der Waals surface area contributed by atoms with Gasteiger partial charge in [-0.15, -0.1) is 11.3 Å². The minimum atomic E-state index is -4.14. The number of hydrogen-bond acceptors (Lipinski definition) is 4. The lowest BCUT2D eigenvalue weighted by Gasteiger charge is -2.17. The first kappa shape index (κ1) is 23.5. The fourth-order valence-corrected chi connectivity index (χ4v) is 4.64. The van der Waals surface area contributed by atoms with Gasteiger partial charge in [-0.05, 0) is 53.3 Å². The van der Waals surface area contributed by atoms with Gasteiger partial charge in [0.1, 0.15) is 11.6 Å². The topological polar surface area (TPSA) is 39.9 Å². The van der Waals surface area contributed by atoms with Crippen molar-refractivity contribution in [2.45, 2.75) is 18.7 Å². The third-order valence-corrected chi connectivity index (χ3v) is 6.51. The van der Waals surface area contributed by atoms with Gasteiger partial charge in [0.15, 0.2) is 11.6 Å². The highest BCUT2D eigenvalue weighted by Gasteiger charge is 2.42. The van der Waals surface area contributed by atoms with E-state index in [2.05, 4.69) is 14.8 Å². The Labute approximate surface area is 200 Å². The molecule has 2 aromatic heterocycles. The summed E-state index contributed by atoms with van der Waals surface area (Å²) in [4.78, 5) is 5.30. The van der Waals surface area contributed by atoms with Crippen LogP contribution in [-0.2, 0) is 7.05 Å². The summed E-state index contributed by atoms with van der Waals surface area (Å²) < 4.78 is 59.6. The summed E-state index contributed by atoms with van der Waals surface area (Å²) in [6.45, 7) is 1.88. The van der Waals surface area contributed by atoms with Crippen LogP contribution in [0.3, 0.4) is 0 Å². The Kier molecular flexibility index (Phi) is 6.39. The molecule has 0 saturated heterocycles. The molecule has 0 aliphatic rings. The smallest absolute Gasteiger partial charge is 0.429 e. The number of hydrogen-bond donors (Lipinski definition) is 0. The van der Waals surface area contributed by atoms with Crippen molar-refractivity contribution in [3.8, 4) is 39.0 Å². The highest BCUT2D eigenvalue weighted by atomic mass is 35.5. The number of ether oxygens (including phenoxy) is 1. The monoisotopic (exact) mass is 515 g/mol. The molecule has 1 unspecified atom stereocenters. The summed E-state index contributed by atoms with van der Waals surface area (Å²) >= 11 is 12.4. The van der Waals surface area contributed by atoms with Gasteiger partial charge < -0.3 is 4.74 Å². The average Bonchev–Trinajstić information content (AvgIpc) is 3.30. The summed E-state index contributed by atoms with van der Waals surface area (Å²) in [6, 6.07) is 10.1. The van der Waals surface area contributed by atoms with Crippen LogP contribution in [0.5, 0.6) is 5.75 Å². The molecule has 11 heteroatoms. The molecule has 0 aliphatic heterocycles. The predicted octanol–water partition coefficient (Wildman–Crippen LogP) is 7.48. The molecule has 0 spiro atoms. The van der Waals surface area contributed by atoms with E-state index in [0.29, 0.717) is 5.82 Å². The number of benzene rings is 2. The lowest BCUT2D eigenvalue weighted by Crippen LogP contribution is -2.32. The van der Waals surface area contributed by atoms with Crippen LogP contribution in [0, 0.1) is 12.7 Å². The van der Waals surface area contributed by atoms with E-state index in [0.717, 1.165) is 21.6 Å². The molecule has 0 aliphatic carbocycles. The van der Waals surface area contributed by atoms with Gasteiger partial charge in [-0.25, -0.2) is 18.4 Å². The van der Waals surface area contributed by atoms with Crippen molar-refractivity contribution >= 4 is 34.5 Å². The van der Waals surface area contributed by atoms with Gasteiger partial charge in [-0.3, -0.25) is 0 Å². The van der Waals surface area contributed by atoms with E-state index in [1.165, 1.54) is 35.6 Å². The van der Waals surface area contributed by atoms with E-state index in [-0.39, 0.29) is 22.2 Å². The Bertz CT molecular complexity index is 1290. The van der Waals surface area contributed by atoms with Crippen LogP contribution in [0.4, 0.5) is 17.6 Å². The van der Waals surface area contributed by atoms with Crippen molar-refractivity contribution in [1.29, 1.82) is 0 Å². The maximum Gasteiger partial charge on any atom is 0.444 e. The minimum Gasteiger partial charge on any atom is -0.429 e. The summed E-state index contributed by atoms with van der Waals surface area (Å²) in [5.74, 6) is -0.0594. The summed E-state index contributed by atoms with van der Waals surface area (Å²) in [7, 11) is 1.70. The summed E-state index contributed by atoms with van der Waals surface area (Å²) in [6.07, 6.45) is -4.14. The highest BCUT2D eigenvalue weighted by molar-refractivity contribution is 7.14. The van der Waals surface area contributed by atoms with Crippen molar-refractivity contribution < 1.29 is 22.3 Å². The van der Waals surface area contributed by atoms with Gasteiger partial charge in [-0.1, -0.05) is 41.4 Å². The normalized spacial score (nSPS) is 12.7. The van der Waals surface area contributed by atoms with E-state index < -0.39 is 17.6 Å². The predicted molar refractivity (Wildman–Crippen MR) is 121 cm³/mol. The van der Waals surface area contributed by atoms with Crippen molar-refractivity contribution in [3.63, 3.8) is 0 Å².